The van der Waals surface area contributed by atoms with Gasteiger partial charge in [-0.3, -0.25) is 19.9 Å². The van der Waals surface area contributed by atoms with Gasteiger partial charge in [0.15, 0.2) is 0 Å². The summed E-state index contributed by atoms with van der Waals surface area (Å²) in [4.78, 5) is 26.0. The molecule has 2 heterocycles. The number of nitrogens with zero attached hydrogens (tertiary/aromatic N) is 2. The first kappa shape index (κ1) is 25.5. The molecule has 4 aromatic rings. The Labute approximate surface area is 219 Å². The molecule has 1 aromatic heterocycles. The lowest BCUT2D eigenvalue weighted by atomic mass is 10.0. The Hall–Kier alpha value is -4.19. The van der Waals surface area contributed by atoms with Gasteiger partial charge in [0.05, 0.1) is 17.0 Å². The van der Waals surface area contributed by atoms with E-state index in [0.717, 1.165) is 15.4 Å². The van der Waals surface area contributed by atoms with Gasteiger partial charge in [0.1, 0.15) is 17.5 Å². The zero-order valence-corrected chi connectivity index (χ0v) is 21.3. The van der Waals surface area contributed by atoms with Crippen LogP contribution in [0.1, 0.15) is 28.4 Å². The average molecular weight is 535 g/mol. The van der Waals surface area contributed by atoms with Crippen LogP contribution >= 0.6 is 0 Å². The highest BCUT2D eigenvalue weighted by atomic mass is 32.2. The van der Waals surface area contributed by atoms with Crippen molar-refractivity contribution in [2.24, 2.45) is 0 Å². The maximum Gasteiger partial charge on any atom is 0.272 e. The number of carbonyl (C=O) groups excluding carboxylic acids is 1. The molecule has 10 nitrogen and oxygen atoms in total. The van der Waals surface area contributed by atoms with Gasteiger partial charge < -0.3 is 4.74 Å². The lowest BCUT2D eigenvalue weighted by molar-refractivity contribution is -0.133. The number of rotatable bonds is 7. The smallest absolute Gasteiger partial charge is 0.272 e. The number of hydrogen-bond acceptors (Lipinski definition) is 6. The molecule has 0 aliphatic carbocycles. The van der Waals surface area contributed by atoms with E-state index in [1.54, 1.807) is 0 Å². The van der Waals surface area contributed by atoms with Crippen LogP contribution in [0.25, 0.3) is 0 Å². The lowest BCUT2D eigenvalue weighted by Crippen LogP contribution is -2.48. The highest BCUT2D eigenvalue weighted by Crippen LogP contribution is 2.33. The number of para-hydroxylation sites is 1. The van der Waals surface area contributed by atoms with E-state index in [-0.39, 0.29) is 30.0 Å². The molecule has 0 fully saturated rings. The molecule has 1 amide bonds. The van der Waals surface area contributed by atoms with Gasteiger partial charge in [-0.2, -0.15) is 4.31 Å². The van der Waals surface area contributed by atoms with Crippen molar-refractivity contribution in [3.05, 3.63) is 112 Å². The molecule has 1 aliphatic heterocycles. The van der Waals surface area contributed by atoms with Gasteiger partial charge in [0.2, 0.25) is 10.0 Å². The summed E-state index contributed by atoms with van der Waals surface area (Å²) in [7, 11) is -4.23. The van der Waals surface area contributed by atoms with Crippen LogP contribution in [0.15, 0.2) is 88.6 Å². The summed E-state index contributed by atoms with van der Waals surface area (Å²) in [6.45, 7) is 2.05. The summed E-state index contributed by atoms with van der Waals surface area (Å²) >= 11 is 0. The maximum absolute atomic E-state index is 13.7. The molecule has 3 aromatic carbocycles. The Bertz CT molecular complexity index is 1630. The molecule has 0 saturated heterocycles. The van der Waals surface area contributed by atoms with Crippen LogP contribution in [0.5, 0.6) is 11.5 Å². The molecule has 1 aliphatic rings. The Morgan fingerprint density at radius 3 is 2.42 bits per heavy atom. The molecular formula is C27H26N4O6S. The van der Waals surface area contributed by atoms with Gasteiger partial charge in [-0.25, -0.2) is 18.6 Å². The Kier molecular flexibility index (Phi) is 6.89. The highest BCUT2D eigenvalue weighted by Gasteiger charge is 2.43. The Morgan fingerprint density at radius 1 is 1.05 bits per heavy atom. The number of H-pyrrole nitrogens is 1. The SMILES string of the molecule is Cc1ccccc1Oc1ccc(S(=O)(=O)N2CCc3[nH]n(Cc4ccccc4)c(=O)c3C2C(=O)NO)cc1. The van der Waals surface area contributed by atoms with Gasteiger partial charge in [-0.15, -0.1) is 0 Å². The molecule has 0 bridgehead atoms. The van der Waals surface area contributed by atoms with E-state index >= 15 is 0 Å². The third-order valence-corrected chi connectivity index (χ3v) is 8.39. The minimum absolute atomic E-state index is 0.0122. The van der Waals surface area contributed by atoms with Gasteiger partial charge in [-0.1, -0.05) is 48.5 Å². The quantitative estimate of drug-likeness (QED) is 0.246. The van der Waals surface area contributed by atoms with Crippen molar-refractivity contribution in [2.45, 2.75) is 30.8 Å². The number of sulfonamides is 1. The fourth-order valence-electron chi connectivity index (χ4n) is 4.59. The number of hydrogen-bond donors (Lipinski definition) is 3. The summed E-state index contributed by atoms with van der Waals surface area (Å²) in [5.74, 6) is 0.0702. The molecule has 0 saturated carbocycles. The van der Waals surface area contributed by atoms with Crippen molar-refractivity contribution in [3.63, 3.8) is 0 Å². The van der Waals surface area contributed by atoms with E-state index < -0.39 is 27.5 Å². The predicted octanol–water partition coefficient (Wildman–Crippen LogP) is 3.12. The minimum atomic E-state index is -4.23. The van der Waals surface area contributed by atoms with Crippen LogP contribution < -0.4 is 15.8 Å². The van der Waals surface area contributed by atoms with E-state index in [2.05, 4.69) is 5.10 Å². The number of aromatic nitrogens is 2. The van der Waals surface area contributed by atoms with E-state index in [0.29, 0.717) is 17.2 Å². The molecule has 5 rings (SSSR count). The largest absolute Gasteiger partial charge is 0.457 e. The molecule has 196 valence electrons. The summed E-state index contributed by atoms with van der Waals surface area (Å²) in [6, 6.07) is 21.0. The van der Waals surface area contributed by atoms with Crippen molar-refractivity contribution in [3.8, 4) is 11.5 Å². The van der Waals surface area contributed by atoms with Gasteiger partial charge in [-0.05, 0) is 48.4 Å². The number of aryl methyl sites for hydroxylation is 1. The van der Waals surface area contributed by atoms with Crippen molar-refractivity contribution >= 4 is 15.9 Å². The maximum atomic E-state index is 13.7. The van der Waals surface area contributed by atoms with Crippen molar-refractivity contribution in [2.75, 3.05) is 6.54 Å². The van der Waals surface area contributed by atoms with E-state index in [1.807, 2.05) is 61.5 Å². The Morgan fingerprint density at radius 2 is 1.74 bits per heavy atom. The zero-order valence-electron chi connectivity index (χ0n) is 20.5. The molecule has 11 heteroatoms. The van der Waals surface area contributed by atoms with Crippen LogP contribution in [0, 0.1) is 6.92 Å². The van der Waals surface area contributed by atoms with Gasteiger partial charge in [0.25, 0.3) is 11.5 Å². The second kappa shape index (κ2) is 10.3. The number of nitrogens with one attached hydrogen (secondary N) is 2. The molecule has 38 heavy (non-hydrogen) atoms. The number of hydroxylamine groups is 1. The van der Waals surface area contributed by atoms with Gasteiger partial charge >= 0.3 is 0 Å². The first-order chi connectivity index (χ1) is 18.3. The van der Waals surface area contributed by atoms with E-state index in [9.17, 15) is 23.2 Å². The van der Waals surface area contributed by atoms with E-state index in [4.69, 9.17) is 4.74 Å². The van der Waals surface area contributed by atoms with Crippen LogP contribution in [-0.4, -0.2) is 40.2 Å². The van der Waals surface area contributed by atoms with Crippen LogP contribution in [0.4, 0.5) is 0 Å². The number of carbonyl (C=O) groups is 1. The van der Waals surface area contributed by atoms with Crippen LogP contribution in [0.2, 0.25) is 0 Å². The second-order valence-corrected chi connectivity index (χ2v) is 10.9. The van der Waals surface area contributed by atoms with Crippen molar-refractivity contribution < 1.29 is 23.2 Å². The third-order valence-electron chi connectivity index (χ3n) is 6.51. The van der Waals surface area contributed by atoms with Crippen molar-refractivity contribution in [1.82, 2.24) is 19.6 Å². The number of benzene rings is 3. The minimum Gasteiger partial charge on any atom is -0.457 e. The number of fused-ring (bicyclic) bond motifs is 1. The average Bonchev–Trinajstić information content (AvgIpc) is 3.24. The standard InChI is InChI=1S/C27H26N4O6S/c1-18-7-5-6-10-23(18)37-20-11-13-21(14-12-20)38(35,36)31-16-15-22-24(25(31)26(32)29-34)27(33)30(28-22)17-19-8-3-2-4-9-19/h2-14,25,28,34H,15-17H2,1H3,(H,29,32). The fraction of sp³-hybridized carbons (Fsp3) is 0.185. The molecule has 0 spiro atoms. The zero-order chi connectivity index (χ0) is 26.9. The molecule has 3 N–H and O–H groups in total. The summed E-state index contributed by atoms with van der Waals surface area (Å²) in [5, 5.41) is 12.5. The fourth-order valence-corrected chi connectivity index (χ4v) is 6.15. The first-order valence-corrected chi connectivity index (χ1v) is 13.4. The second-order valence-electron chi connectivity index (χ2n) is 8.96. The molecule has 0 radical (unpaired) electrons. The Balaban J connectivity index is 1.46. The molecule has 1 atom stereocenters. The highest BCUT2D eigenvalue weighted by molar-refractivity contribution is 7.89. The summed E-state index contributed by atoms with van der Waals surface area (Å²) in [5.41, 5.74) is 3.22. The third kappa shape index (κ3) is 4.74. The first-order valence-electron chi connectivity index (χ1n) is 11.9. The monoisotopic (exact) mass is 534 g/mol. The number of aromatic amines is 1. The summed E-state index contributed by atoms with van der Waals surface area (Å²) in [6.07, 6.45) is 0.190. The van der Waals surface area contributed by atoms with Crippen LogP contribution in [0.3, 0.4) is 0 Å². The van der Waals surface area contributed by atoms with Crippen LogP contribution in [-0.2, 0) is 27.8 Å². The van der Waals surface area contributed by atoms with Gasteiger partial charge in [0, 0.05) is 18.7 Å². The predicted molar refractivity (Wildman–Crippen MR) is 139 cm³/mol. The normalized spacial score (nSPS) is 15.6. The lowest BCUT2D eigenvalue weighted by Gasteiger charge is -2.32. The van der Waals surface area contributed by atoms with Crippen molar-refractivity contribution in [1.29, 1.82) is 0 Å². The number of ether oxygens (including phenoxy) is 1. The molecular weight excluding hydrogens is 508 g/mol. The van der Waals surface area contributed by atoms with E-state index in [1.165, 1.54) is 34.4 Å². The summed E-state index contributed by atoms with van der Waals surface area (Å²) < 4.78 is 35.5. The molecule has 1 unspecified atom stereocenters. The topological polar surface area (TPSA) is 134 Å². The number of amides is 1.